The third-order valence-corrected chi connectivity index (χ3v) is 14.0. The fourth-order valence-corrected chi connectivity index (χ4v) is 10.8. The highest BCUT2D eigenvalue weighted by molar-refractivity contribution is 6.12. The summed E-state index contributed by atoms with van der Waals surface area (Å²) in [5, 5.41) is 7.41. The van der Waals surface area contributed by atoms with Gasteiger partial charge < -0.3 is 9.47 Å². The monoisotopic (exact) mass is 890 g/mol. The molecule has 0 unspecified atom stereocenters. The fraction of sp³-hybridized carbons (Fsp3) is 0. The van der Waals surface area contributed by atoms with Gasteiger partial charge in [-0.3, -0.25) is 0 Å². The van der Waals surface area contributed by atoms with Crippen molar-refractivity contribution in [2.24, 2.45) is 0 Å². The van der Waals surface area contributed by atoms with Gasteiger partial charge in [0.15, 0.2) is 0 Å². The van der Waals surface area contributed by atoms with Gasteiger partial charge in [0, 0.05) is 33.3 Å². The van der Waals surface area contributed by atoms with Crippen LogP contribution in [0, 0.1) is 0 Å². The predicted molar refractivity (Wildman–Crippen MR) is 298 cm³/mol. The molecule has 0 saturated carbocycles. The molecule has 0 bridgehead atoms. The maximum Gasteiger partial charge on any atom is 0.0541 e. The molecule has 0 aliphatic rings. The van der Waals surface area contributed by atoms with Gasteiger partial charge in [0.25, 0.3) is 0 Å². The van der Waals surface area contributed by atoms with Crippen molar-refractivity contribution in [3.8, 4) is 61.3 Å². The van der Waals surface area contributed by atoms with E-state index in [2.05, 4.69) is 289 Å². The predicted octanol–water partition coefficient (Wildman–Crippen LogP) is 18.9. The second kappa shape index (κ2) is 17.4. The number of rotatable bonds is 9. The Bertz CT molecular complexity index is 4030. The Morgan fingerprint density at radius 3 is 1.50 bits per heavy atom. The van der Waals surface area contributed by atoms with E-state index in [0.717, 1.165) is 45.0 Å². The quantitative estimate of drug-likeness (QED) is 0.140. The molecule has 12 aromatic carbocycles. The van der Waals surface area contributed by atoms with Gasteiger partial charge in [-0.15, -0.1) is 0 Å². The zero-order chi connectivity index (χ0) is 46.4. The second-order valence-electron chi connectivity index (χ2n) is 18.0. The van der Waals surface area contributed by atoms with Crippen molar-refractivity contribution in [2.75, 3.05) is 4.90 Å². The molecular weight excluding hydrogens is 845 g/mol. The summed E-state index contributed by atoms with van der Waals surface area (Å²) in [5.41, 5.74) is 18.6. The summed E-state index contributed by atoms with van der Waals surface area (Å²) in [7, 11) is 0. The van der Waals surface area contributed by atoms with Gasteiger partial charge in [-0.25, -0.2) is 0 Å². The molecule has 0 N–H and O–H groups in total. The highest BCUT2D eigenvalue weighted by Gasteiger charge is 2.23. The van der Waals surface area contributed by atoms with E-state index in [4.69, 9.17) is 0 Å². The minimum atomic E-state index is 1.07. The van der Waals surface area contributed by atoms with E-state index in [9.17, 15) is 0 Å². The van der Waals surface area contributed by atoms with Crippen LogP contribution in [0.5, 0.6) is 0 Å². The Morgan fingerprint density at radius 1 is 0.257 bits per heavy atom. The van der Waals surface area contributed by atoms with Crippen LogP contribution in [0.3, 0.4) is 0 Å². The van der Waals surface area contributed by atoms with Gasteiger partial charge in [-0.1, -0.05) is 224 Å². The summed E-state index contributed by atoms with van der Waals surface area (Å²) in [6, 6.07) is 102. The van der Waals surface area contributed by atoms with Crippen LogP contribution in [0.15, 0.2) is 279 Å². The molecular formula is C68H46N2. The molecule has 0 spiro atoms. The Kier molecular flexibility index (Phi) is 10.2. The molecule has 0 radical (unpaired) electrons. The normalized spacial score (nSPS) is 11.4. The molecule has 1 heterocycles. The van der Waals surface area contributed by atoms with Gasteiger partial charge in [0.2, 0.25) is 0 Å². The van der Waals surface area contributed by atoms with Crippen molar-refractivity contribution < 1.29 is 0 Å². The lowest BCUT2D eigenvalue weighted by molar-refractivity contribution is 1.18. The van der Waals surface area contributed by atoms with Crippen LogP contribution >= 0.6 is 0 Å². The largest absolute Gasteiger partial charge is 0.309 e. The summed E-state index contributed by atoms with van der Waals surface area (Å²) in [6.07, 6.45) is 0. The van der Waals surface area contributed by atoms with E-state index in [-0.39, 0.29) is 0 Å². The third kappa shape index (κ3) is 7.13. The highest BCUT2D eigenvalue weighted by Crippen LogP contribution is 2.48. The van der Waals surface area contributed by atoms with E-state index >= 15 is 0 Å². The van der Waals surface area contributed by atoms with Crippen molar-refractivity contribution in [3.63, 3.8) is 0 Å². The topological polar surface area (TPSA) is 8.17 Å². The maximum absolute atomic E-state index is 2.47. The number of hydrogen-bond donors (Lipinski definition) is 0. The number of aromatic nitrogens is 1. The Labute approximate surface area is 408 Å². The second-order valence-corrected chi connectivity index (χ2v) is 18.0. The Balaban J connectivity index is 0.982. The van der Waals surface area contributed by atoms with Gasteiger partial charge in [-0.05, 0) is 121 Å². The van der Waals surface area contributed by atoms with Crippen LogP contribution in [0.2, 0.25) is 0 Å². The number of hydrogen-bond acceptors (Lipinski definition) is 1. The molecule has 2 heteroatoms. The standard InChI is InChI=1S/C68H46N2/c1-3-18-50(19-4-1)59-31-16-22-52-23-17-32-62(68(52)59)60-28-10-13-34-65(60)70(55-43-40-48(41-44-55)47-36-38-51(39-37-47)57-30-15-21-49-20-7-8-26-56(49)57)64-33-12-9-27-58(64)53-42-45-67-63(46-53)61-29-11-14-35-66(61)69(67)54-24-5-2-6-25-54/h1-46H. The van der Waals surface area contributed by atoms with Gasteiger partial charge in [0.1, 0.15) is 0 Å². The van der Waals surface area contributed by atoms with Gasteiger partial charge >= 0.3 is 0 Å². The number of nitrogens with zero attached hydrogens (tertiary/aromatic N) is 2. The van der Waals surface area contributed by atoms with Crippen molar-refractivity contribution in [1.82, 2.24) is 4.57 Å². The summed E-state index contributed by atoms with van der Waals surface area (Å²) in [6.45, 7) is 0. The SMILES string of the molecule is c1ccc(-c2cccc3cccc(-c4ccccc4N(c4ccc(-c5ccc(-c6cccc7ccccc67)cc5)cc4)c4ccccc4-c4ccc5c(c4)c4ccccc4n5-c4ccccc4)c23)cc1. The average Bonchev–Trinajstić information content (AvgIpc) is 3.77. The Morgan fingerprint density at radius 2 is 0.743 bits per heavy atom. The fourth-order valence-electron chi connectivity index (χ4n) is 10.8. The number of benzene rings is 12. The molecule has 0 atom stereocenters. The molecule has 0 saturated heterocycles. The van der Waals surface area contributed by atoms with Crippen LogP contribution in [-0.2, 0) is 0 Å². The van der Waals surface area contributed by atoms with Crippen LogP contribution < -0.4 is 4.90 Å². The van der Waals surface area contributed by atoms with Crippen molar-refractivity contribution in [3.05, 3.63) is 279 Å². The Hall–Kier alpha value is -9.24. The molecule has 13 aromatic rings. The van der Waals surface area contributed by atoms with Crippen LogP contribution in [-0.4, -0.2) is 4.57 Å². The molecule has 2 nitrogen and oxygen atoms in total. The lowest BCUT2D eigenvalue weighted by atomic mass is 9.90. The molecule has 328 valence electrons. The lowest BCUT2D eigenvalue weighted by Crippen LogP contribution is -2.12. The molecule has 13 rings (SSSR count). The highest BCUT2D eigenvalue weighted by atomic mass is 15.1. The zero-order valence-corrected chi connectivity index (χ0v) is 38.5. The third-order valence-electron chi connectivity index (χ3n) is 14.0. The zero-order valence-electron chi connectivity index (χ0n) is 38.5. The first-order valence-electron chi connectivity index (χ1n) is 24.1. The van der Waals surface area contributed by atoms with E-state index in [0.29, 0.717) is 0 Å². The molecule has 0 fully saturated rings. The minimum absolute atomic E-state index is 1.07. The van der Waals surface area contributed by atoms with Crippen LogP contribution in [0.25, 0.3) is 105 Å². The van der Waals surface area contributed by atoms with Gasteiger partial charge in [-0.2, -0.15) is 0 Å². The van der Waals surface area contributed by atoms with Crippen molar-refractivity contribution >= 4 is 60.4 Å². The number of anilines is 3. The van der Waals surface area contributed by atoms with E-state index < -0.39 is 0 Å². The van der Waals surface area contributed by atoms with Crippen molar-refractivity contribution in [1.29, 1.82) is 0 Å². The maximum atomic E-state index is 2.47. The molecule has 0 amide bonds. The smallest absolute Gasteiger partial charge is 0.0541 e. The first-order valence-corrected chi connectivity index (χ1v) is 24.1. The van der Waals surface area contributed by atoms with E-state index in [1.807, 2.05) is 0 Å². The minimum Gasteiger partial charge on any atom is -0.309 e. The molecule has 70 heavy (non-hydrogen) atoms. The van der Waals surface area contributed by atoms with E-state index in [1.54, 1.807) is 0 Å². The first-order chi connectivity index (χ1) is 34.7. The summed E-state index contributed by atoms with van der Waals surface area (Å²) < 4.78 is 2.38. The van der Waals surface area contributed by atoms with E-state index in [1.165, 1.54) is 76.7 Å². The molecule has 1 aromatic heterocycles. The average molecular weight is 891 g/mol. The number of fused-ring (bicyclic) bond motifs is 5. The van der Waals surface area contributed by atoms with Gasteiger partial charge in [0.05, 0.1) is 22.4 Å². The molecule has 0 aliphatic heterocycles. The lowest BCUT2D eigenvalue weighted by Gasteiger charge is -2.30. The number of para-hydroxylation sites is 4. The summed E-state index contributed by atoms with van der Waals surface area (Å²) >= 11 is 0. The first kappa shape index (κ1) is 41.0. The van der Waals surface area contributed by atoms with Crippen molar-refractivity contribution in [2.45, 2.75) is 0 Å². The summed E-state index contributed by atoms with van der Waals surface area (Å²) in [5.74, 6) is 0. The summed E-state index contributed by atoms with van der Waals surface area (Å²) in [4.78, 5) is 2.47. The van der Waals surface area contributed by atoms with Crippen LogP contribution in [0.4, 0.5) is 17.1 Å². The van der Waals surface area contributed by atoms with Crippen LogP contribution in [0.1, 0.15) is 0 Å². The molecule has 0 aliphatic carbocycles.